The Labute approximate surface area is 116 Å². The lowest BCUT2D eigenvalue weighted by Crippen LogP contribution is -2.60. The predicted molar refractivity (Wildman–Crippen MR) is 75.2 cm³/mol. The lowest BCUT2D eigenvalue weighted by atomic mass is 10.0. The Kier molecular flexibility index (Phi) is 6.23. The van der Waals surface area contributed by atoms with E-state index < -0.39 is 5.54 Å². The van der Waals surface area contributed by atoms with E-state index in [4.69, 9.17) is 9.47 Å². The van der Waals surface area contributed by atoms with Gasteiger partial charge < -0.3 is 14.8 Å². The minimum absolute atomic E-state index is 0.177. The number of ether oxygens (including phenoxy) is 2. The Hall–Kier alpha value is -0.650. The summed E-state index contributed by atoms with van der Waals surface area (Å²) < 4.78 is 10.9. The molecule has 5 nitrogen and oxygen atoms in total. The average molecular weight is 272 g/mol. The van der Waals surface area contributed by atoms with Crippen LogP contribution in [-0.4, -0.2) is 61.4 Å². The van der Waals surface area contributed by atoms with E-state index in [1.807, 2.05) is 20.8 Å². The largest absolute Gasteiger partial charge is 0.465 e. The van der Waals surface area contributed by atoms with Crippen LogP contribution in [0.15, 0.2) is 0 Å². The van der Waals surface area contributed by atoms with E-state index in [0.717, 1.165) is 19.6 Å². The Balaban J connectivity index is 2.68. The lowest BCUT2D eigenvalue weighted by Gasteiger charge is -2.40. The van der Waals surface area contributed by atoms with Gasteiger partial charge in [0.1, 0.15) is 5.54 Å². The van der Waals surface area contributed by atoms with Gasteiger partial charge in [-0.15, -0.1) is 0 Å². The zero-order valence-corrected chi connectivity index (χ0v) is 12.9. The maximum Gasteiger partial charge on any atom is 0.327 e. The average Bonchev–Trinajstić information content (AvgIpc) is 2.27. The third kappa shape index (κ3) is 4.75. The minimum atomic E-state index is -0.651. The summed E-state index contributed by atoms with van der Waals surface area (Å²) in [6.07, 6.45) is 0.411. The summed E-state index contributed by atoms with van der Waals surface area (Å²) in [6, 6.07) is 0. The number of morpholine rings is 1. The van der Waals surface area contributed by atoms with Gasteiger partial charge in [-0.2, -0.15) is 0 Å². The number of likely N-dealkylation sites (N-methyl/N-ethyl adjacent to an activating group) is 1. The highest BCUT2D eigenvalue weighted by atomic mass is 16.5. The SMILES string of the molecule is CCNC(C)(CN1C[C@@H](C)O[C@@H](C)C1)C(=O)OCC. The van der Waals surface area contributed by atoms with Crippen LogP contribution >= 0.6 is 0 Å². The Morgan fingerprint density at radius 2 is 1.95 bits per heavy atom. The molecule has 1 unspecified atom stereocenters. The molecule has 0 aromatic rings. The molecule has 1 aliphatic heterocycles. The highest BCUT2D eigenvalue weighted by molar-refractivity contribution is 5.80. The molecule has 5 heteroatoms. The van der Waals surface area contributed by atoms with Crippen molar-refractivity contribution in [2.45, 2.75) is 52.4 Å². The number of hydrogen-bond donors (Lipinski definition) is 1. The smallest absolute Gasteiger partial charge is 0.327 e. The molecule has 1 N–H and O–H groups in total. The standard InChI is InChI=1S/C14H28N2O3/c1-6-15-14(5,13(17)18-7-2)10-16-8-11(3)19-12(4)9-16/h11-12,15H,6-10H2,1-5H3/t11-,12+,14?. The van der Waals surface area contributed by atoms with Crippen molar-refractivity contribution in [1.82, 2.24) is 10.2 Å². The molecule has 1 heterocycles. The number of rotatable bonds is 6. The lowest BCUT2D eigenvalue weighted by molar-refractivity contribution is -0.153. The molecule has 1 aliphatic rings. The van der Waals surface area contributed by atoms with Gasteiger partial charge in [0.05, 0.1) is 18.8 Å². The highest BCUT2D eigenvalue weighted by Gasteiger charge is 2.37. The van der Waals surface area contributed by atoms with Crippen molar-refractivity contribution in [2.24, 2.45) is 0 Å². The van der Waals surface area contributed by atoms with Crippen molar-refractivity contribution in [3.63, 3.8) is 0 Å². The zero-order valence-electron chi connectivity index (χ0n) is 12.9. The van der Waals surface area contributed by atoms with Crippen LogP contribution in [-0.2, 0) is 14.3 Å². The molecule has 112 valence electrons. The van der Waals surface area contributed by atoms with Crippen molar-refractivity contribution >= 4 is 5.97 Å². The van der Waals surface area contributed by atoms with E-state index in [-0.39, 0.29) is 18.2 Å². The molecule has 0 spiro atoms. The van der Waals surface area contributed by atoms with Crippen LogP contribution in [0, 0.1) is 0 Å². The fraction of sp³-hybridized carbons (Fsp3) is 0.929. The second kappa shape index (κ2) is 7.22. The molecule has 3 atom stereocenters. The van der Waals surface area contributed by atoms with Gasteiger partial charge in [0.2, 0.25) is 0 Å². The number of carbonyl (C=O) groups is 1. The van der Waals surface area contributed by atoms with Gasteiger partial charge >= 0.3 is 5.97 Å². The summed E-state index contributed by atoms with van der Waals surface area (Å²) in [6.45, 7) is 13.4. The quantitative estimate of drug-likeness (QED) is 0.732. The van der Waals surface area contributed by atoms with E-state index in [1.54, 1.807) is 0 Å². The van der Waals surface area contributed by atoms with Gasteiger partial charge in [0, 0.05) is 19.6 Å². The Morgan fingerprint density at radius 1 is 1.37 bits per heavy atom. The molecule has 1 saturated heterocycles. The van der Waals surface area contributed by atoms with Crippen LogP contribution < -0.4 is 5.32 Å². The fourth-order valence-corrected chi connectivity index (χ4v) is 2.73. The summed E-state index contributed by atoms with van der Waals surface area (Å²) in [7, 11) is 0. The molecular formula is C14H28N2O3. The maximum absolute atomic E-state index is 12.1. The van der Waals surface area contributed by atoms with E-state index in [2.05, 4.69) is 24.1 Å². The van der Waals surface area contributed by atoms with Gasteiger partial charge in [-0.1, -0.05) is 6.92 Å². The summed E-state index contributed by atoms with van der Waals surface area (Å²) in [4.78, 5) is 14.4. The molecule has 0 bridgehead atoms. The third-order valence-corrected chi connectivity index (χ3v) is 3.33. The third-order valence-electron chi connectivity index (χ3n) is 3.33. The topological polar surface area (TPSA) is 50.8 Å². The Bertz CT molecular complexity index is 288. The molecule has 1 rings (SSSR count). The van der Waals surface area contributed by atoms with Crippen LogP contribution in [0.3, 0.4) is 0 Å². The van der Waals surface area contributed by atoms with Gasteiger partial charge in [-0.25, -0.2) is 0 Å². The second-order valence-electron chi connectivity index (χ2n) is 5.53. The van der Waals surface area contributed by atoms with E-state index >= 15 is 0 Å². The molecule has 0 amide bonds. The van der Waals surface area contributed by atoms with Gasteiger partial charge in [-0.05, 0) is 34.2 Å². The first-order valence-electron chi connectivity index (χ1n) is 7.21. The van der Waals surface area contributed by atoms with E-state index in [0.29, 0.717) is 13.2 Å². The van der Waals surface area contributed by atoms with Crippen molar-refractivity contribution in [2.75, 3.05) is 32.8 Å². The summed E-state index contributed by atoms with van der Waals surface area (Å²) in [5, 5.41) is 3.26. The second-order valence-corrected chi connectivity index (χ2v) is 5.53. The Morgan fingerprint density at radius 3 is 2.42 bits per heavy atom. The minimum Gasteiger partial charge on any atom is -0.465 e. The van der Waals surface area contributed by atoms with Crippen LogP contribution in [0.2, 0.25) is 0 Å². The number of nitrogens with zero attached hydrogens (tertiary/aromatic N) is 1. The first-order chi connectivity index (χ1) is 8.91. The van der Waals surface area contributed by atoms with Crippen LogP contribution in [0.5, 0.6) is 0 Å². The number of nitrogens with one attached hydrogen (secondary N) is 1. The van der Waals surface area contributed by atoms with Gasteiger partial charge in [0.25, 0.3) is 0 Å². The molecule has 0 aromatic carbocycles. The maximum atomic E-state index is 12.1. The van der Waals surface area contributed by atoms with Gasteiger partial charge in [0.15, 0.2) is 0 Å². The van der Waals surface area contributed by atoms with Crippen LogP contribution in [0.25, 0.3) is 0 Å². The summed E-state index contributed by atoms with van der Waals surface area (Å²) in [5.74, 6) is -0.177. The van der Waals surface area contributed by atoms with Crippen molar-refractivity contribution in [1.29, 1.82) is 0 Å². The van der Waals surface area contributed by atoms with E-state index in [9.17, 15) is 4.79 Å². The number of esters is 1. The highest BCUT2D eigenvalue weighted by Crippen LogP contribution is 2.16. The molecular weight excluding hydrogens is 244 g/mol. The number of carbonyl (C=O) groups excluding carboxylic acids is 1. The number of hydrogen-bond acceptors (Lipinski definition) is 5. The van der Waals surface area contributed by atoms with Crippen molar-refractivity contribution < 1.29 is 14.3 Å². The fourth-order valence-electron chi connectivity index (χ4n) is 2.73. The monoisotopic (exact) mass is 272 g/mol. The molecule has 0 aromatic heterocycles. The first-order valence-corrected chi connectivity index (χ1v) is 7.21. The molecule has 19 heavy (non-hydrogen) atoms. The summed E-state index contributed by atoms with van der Waals surface area (Å²) >= 11 is 0. The summed E-state index contributed by atoms with van der Waals surface area (Å²) in [5.41, 5.74) is -0.651. The van der Waals surface area contributed by atoms with Crippen molar-refractivity contribution in [3.05, 3.63) is 0 Å². The van der Waals surface area contributed by atoms with Crippen LogP contribution in [0.4, 0.5) is 0 Å². The van der Waals surface area contributed by atoms with E-state index in [1.165, 1.54) is 0 Å². The molecule has 0 saturated carbocycles. The van der Waals surface area contributed by atoms with Gasteiger partial charge in [-0.3, -0.25) is 9.69 Å². The molecule has 0 aliphatic carbocycles. The normalized spacial score (nSPS) is 27.8. The molecule has 1 fully saturated rings. The zero-order chi connectivity index (χ0) is 14.5. The predicted octanol–water partition coefficient (Wildman–Crippen LogP) is 1.03. The first kappa shape index (κ1) is 16.4. The molecule has 0 radical (unpaired) electrons. The van der Waals surface area contributed by atoms with Crippen LogP contribution in [0.1, 0.15) is 34.6 Å². The van der Waals surface area contributed by atoms with Crippen molar-refractivity contribution in [3.8, 4) is 0 Å².